The Morgan fingerprint density at radius 2 is 2.22 bits per heavy atom. The molecule has 1 aromatic heterocycles. The first-order chi connectivity index (χ1) is 8.61. The Hall–Kier alpha value is -1.95. The van der Waals surface area contributed by atoms with E-state index in [4.69, 9.17) is 14.9 Å². The molecule has 18 heavy (non-hydrogen) atoms. The van der Waals surface area contributed by atoms with Crippen LogP contribution in [0.25, 0.3) is 0 Å². The van der Waals surface area contributed by atoms with Crippen molar-refractivity contribution in [1.82, 2.24) is 0 Å². The zero-order chi connectivity index (χ0) is 13.1. The van der Waals surface area contributed by atoms with E-state index in [1.807, 2.05) is 0 Å². The second-order valence-electron chi connectivity index (χ2n) is 3.52. The molecule has 0 spiro atoms. The number of carbonyl (C=O) groups is 1. The molecule has 0 unspecified atom stereocenters. The molecule has 0 saturated heterocycles. The maximum Gasteiger partial charge on any atom is 0.260 e. The summed E-state index contributed by atoms with van der Waals surface area (Å²) in [6.07, 6.45) is 1.43. The van der Waals surface area contributed by atoms with E-state index in [1.54, 1.807) is 31.4 Å². The van der Waals surface area contributed by atoms with E-state index < -0.39 is 0 Å². The number of nitrogens with one attached hydrogen (secondary N) is 1. The number of ether oxygens (including phenoxy) is 1. The molecule has 0 saturated carbocycles. The first-order valence-electron chi connectivity index (χ1n) is 5.09. The Morgan fingerprint density at radius 3 is 2.78 bits per heavy atom. The number of halogens is 1. The molecule has 0 fully saturated rings. The van der Waals surface area contributed by atoms with Gasteiger partial charge in [0, 0.05) is 6.07 Å². The van der Waals surface area contributed by atoms with Crippen LogP contribution in [0.1, 0.15) is 10.4 Å². The second-order valence-corrected chi connectivity index (χ2v) is 4.24. The number of nitrogens with two attached hydrogens (primary N) is 1. The highest BCUT2D eigenvalue weighted by Crippen LogP contribution is 2.25. The molecule has 0 aliphatic carbocycles. The van der Waals surface area contributed by atoms with Crippen LogP contribution < -0.4 is 15.8 Å². The van der Waals surface area contributed by atoms with Gasteiger partial charge in [-0.2, -0.15) is 0 Å². The topological polar surface area (TPSA) is 77.5 Å². The number of methoxy groups -OCH3 is 1. The molecule has 1 amide bonds. The van der Waals surface area contributed by atoms with Gasteiger partial charge in [0.25, 0.3) is 5.91 Å². The van der Waals surface area contributed by atoms with Crippen molar-refractivity contribution in [2.45, 2.75) is 0 Å². The van der Waals surface area contributed by atoms with Crippen LogP contribution in [0.5, 0.6) is 5.75 Å². The standard InChI is InChI=1S/C12H11BrN2O3/c1-17-7-2-3-10(9(14)6-7)15-12(16)8-4-5-18-11(8)13/h2-6H,14H2,1H3,(H,15,16). The average Bonchev–Trinajstić information content (AvgIpc) is 2.78. The molecule has 3 N–H and O–H groups in total. The lowest BCUT2D eigenvalue weighted by atomic mass is 10.2. The molecule has 5 nitrogen and oxygen atoms in total. The zero-order valence-corrected chi connectivity index (χ0v) is 11.2. The molecule has 0 radical (unpaired) electrons. The Bertz CT molecular complexity index is 580. The van der Waals surface area contributed by atoms with E-state index in [0.717, 1.165) is 0 Å². The van der Waals surface area contributed by atoms with Crippen LogP contribution in [-0.4, -0.2) is 13.0 Å². The first-order valence-corrected chi connectivity index (χ1v) is 5.89. The van der Waals surface area contributed by atoms with Crippen molar-refractivity contribution < 1.29 is 13.9 Å². The highest BCUT2D eigenvalue weighted by Gasteiger charge is 2.13. The van der Waals surface area contributed by atoms with Crippen LogP contribution in [0.2, 0.25) is 0 Å². The van der Waals surface area contributed by atoms with E-state index in [-0.39, 0.29) is 5.91 Å². The Kier molecular flexibility index (Phi) is 3.57. The summed E-state index contributed by atoms with van der Waals surface area (Å²) in [4.78, 5) is 11.9. The van der Waals surface area contributed by atoms with Gasteiger partial charge in [-0.3, -0.25) is 4.79 Å². The molecule has 1 heterocycles. The SMILES string of the molecule is COc1ccc(NC(=O)c2ccoc2Br)c(N)c1. The van der Waals surface area contributed by atoms with E-state index in [2.05, 4.69) is 21.2 Å². The van der Waals surface area contributed by atoms with Gasteiger partial charge in [-0.1, -0.05) is 0 Å². The Balaban J connectivity index is 2.20. The van der Waals surface area contributed by atoms with Crippen LogP contribution >= 0.6 is 15.9 Å². The maximum absolute atomic E-state index is 11.9. The molecular weight excluding hydrogens is 300 g/mol. The number of carbonyl (C=O) groups excluding carboxylic acids is 1. The lowest BCUT2D eigenvalue weighted by Gasteiger charge is -2.08. The largest absolute Gasteiger partial charge is 0.497 e. The number of anilines is 2. The number of furan rings is 1. The minimum atomic E-state index is -0.299. The third-order valence-electron chi connectivity index (χ3n) is 2.37. The van der Waals surface area contributed by atoms with Gasteiger partial charge < -0.3 is 20.2 Å². The summed E-state index contributed by atoms with van der Waals surface area (Å²) in [5.41, 5.74) is 7.17. The number of amides is 1. The highest BCUT2D eigenvalue weighted by molar-refractivity contribution is 9.10. The Morgan fingerprint density at radius 1 is 1.44 bits per heavy atom. The summed E-state index contributed by atoms with van der Waals surface area (Å²) in [6.45, 7) is 0. The monoisotopic (exact) mass is 310 g/mol. The number of hydrogen-bond donors (Lipinski definition) is 2. The van der Waals surface area contributed by atoms with Crippen molar-refractivity contribution in [3.63, 3.8) is 0 Å². The zero-order valence-electron chi connectivity index (χ0n) is 9.57. The van der Waals surface area contributed by atoms with Crippen LogP contribution in [0.3, 0.4) is 0 Å². The molecule has 0 aliphatic heterocycles. The van der Waals surface area contributed by atoms with Crippen LogP contribution in [0.15, 0.2) is 39.6 Å². The van der Waals surface area contributed by atoms with Gasteiger partial charge in [0.2, 0.25) is 0 Å². The number of rotatable bonds is 3. The molecule has 2 rings (SSSR count). The van der Waals surface area contributed by atoms with E-state index >= 15 is 0 Å². The number of nitrogen functional groups attached to an aromatic ring is 1. The molecule has 0 aliphatic rings. The van der Waals surface area contributed by atoms with Crippen LogP contribution in [-0.2, 0) is 0 Å². The third-order valence-corrected chi connectivity index (χ3v) is 2.98. The minimum Gasteiger partial charge on any atom is -0.497 e. The summed E-state index contributed by atoms with van der Waals surface area (Å²) < 4.78 is 10.4. The molecular formula is C12H11BrN2O3. The van der Waals surface area contributed by atoms with Crippen LogP contribution in [0, 0.1) is 0 Å². The molecule has 0 bridgehead atoms. The van der Waals surface area contributed by atoms with Crippen molar-refractivity contribution in [1.29, 1.82) is 0 Å². The maximum atomic E-state index is 11.9. The summed E-state index contributed by atoms with van der Waals surface area (Å²) >= 11 is 3.14. The summed E-state index contributed by atoms with van der Waals surface area (Å²) in [5, 5.41) is 2.70. The predicted octanol–water partition coefficient (Wildman–Crippen LogP) is 2.89. The summed E-state index contributed by atoms with van der Waals surface area (Å²) in [7, 11) is 1.55. The van der Waals surface area contributed by atoms with E-state index in [0.29, 0.717) is 27.4 Å². The fraction of sp³-hybridized carbons (Fsp3) is 0.0833. The van der Waals surface area contributed by atoms with Gasteiger partial charge >= 0.3 is 0 Å². The van der Waals surface area contributed by atoms with E-state index in [1.165, 1.54) is 6.26 Å². The number of hydrogen-bond acceptors (Lipinski definition) is 4. The summed E-state index contributed by atoms with van der Waals surface area (Å²) in [5.74, 6) is 0.336. The van der Waals surface area contributed by atoms with E-state index in [9.17, 15) is 4.79 Å². The fourth-order valence-corrected chi connectivity index (χ4v) is 1.85. The quantitative estimate of drug-likeness (QED) is 0.855. The second kappa shape index (κ2) is 5.14. The molecule has 1 aromatic carbocycles. The van der Waals surface area contributed by atoms with Crippen molar-refractivity contribution in [2.75, 3.05) is 18.2 Å². The van der Waals surface area contributed by atoms with Crippen molar-refractivity contribution in [3.8, 4) is 5.75 Å². The lowest BCUT2D eigenvalue weighted by molar-refractivity contribution is 0.102. The van der Waals surface area contributed by atoms with Gasteiger partial charge in [-0.05, 0) is 34.1 Å². The lowest BCUT2D eigenvalue weighted by Crippen LogP contribution is -2.12. The third kappa shape index (κ3) is 2.48. The van der Waals surface area contributed by atoms with Gasteiger partial charge in [0.1, 0.15) is 5.75 Å². The smallest absolute Gasteiger partial charge is 0.260 e. The minimum absolute atomic E-state index is 0.299. The van der Waals surface area contributed by atoms with Gasteiger partial charge in [0.05, 0.1) is 30.3 Å². The number of benzene rings is 1. The van der Waals surface area contributed by atoms with Crippen LogP contribution in [0.4, 0.5) is 11.4 Å². The van der Waals surface area contributed by atoms with Gasteiger partial charge in [-0.25, -0.2) is 0 Å². The van der Waals surface area contributed by atoms with Gasteiger partial charge in [0.15, 0.2) is 4.67 Å². The molecule has 0 atom stereocenters. The normalized spacial score (nSPS) is 10.1. The van der Waals surface area contributed by atoms with Crippen molar-refractivity contribution in [2.24, 2.45) is 0 Å². The fourth-order valence-electron chi connectivity index (χ4n) is 1.43. The average molecular weight is 311 g/mol. The molecule has 2 aromatic rings. The molecule has 94 valence electrons. The summed E-state index contributed by atoms with van der Waals surface area (Å²) in [6, 6.07) is 6.61. The van der Waals surface area contributed by atoms with Crippen molar-refractivity contribution >= 4 is 33.2 Å². The van der Waals surface area contributed by atoms with Gasteiger partial charge in [-0.15, -0.1) is 0 Å². The first kappa shape index (κ1) is 12.5. The highest BCUT2D eigenvalue weighted by atomic mass is 79.9. The molecule has 6 heteroatoms. The predicted molar refractivity (Wildman–Crippen MR) is 71.8 cm³/mol. The van der Waals surface area contributed by atoms with Crippen molar-refractivity contribution in [3.05, 3.63) is 40.8 Å². The Labute approximate surface area is 112 Å².